The van der Waals surface area contributed by atoms with Crippen molar-refractivity contribution in [2.24, 2.45) is 0 Å². The predicted octanol–water partition coefficient (Wildman–Crippen LogP) is 1.54. The van der Waals surface area contributed by atoms with E-state index in [4.69, 9.17) is 4.74 Å². The van der Waals surface area contributed by atoms with Crippen LogP contribution in [-0.4, -0.2) is 55.7 Å². The van der Waals surface area contributed by atoms with Gasteiger partial charge in [0.2, 0.25) is 5.91 Å². The van der Waals surface area contributed by atoms with Crippen molar-refractivity contribution in [3.63, 3.8) is 0 Å². The van der Waals surface area contributed by atoms with Crippen LogP contribution in [0.4, 0.5) is 0 Å². The van der Waals surface area contributed by atoms with E-state index in [9.17, 15) is 4.79 Å². The minimum Gasteiger partial charge on any atom is -0.377 e. The third-order valence-corrected chi connectivity index (χ3v) is 4.88. The largest absolute Gasteiger partial charge is 0.377 e. The third-order valence-electron chi connectivity index (χ3n) is 4.88. The van der Waals surface area contributed by atoms with Gasteiger partial charge in [-0.1, -0.05) is 30.3 Å². The van der Waals surface area contributed by atoms with Crippen LogP contribution in [0.5, 0.6) is 0 Å². The fraction of sp³-hybridized carbons (Fsp3) is 0.632. The van der Waals surface area contributed by atoms with Gasteiger partial charge in [-0.2, -0.15) is 0 Å². The fourth-order valence-corrected chi connectivity index (χ4v) is 3.51. The number of piperidine rings is 1. The Morgan fingerprint density at radius 1 is 1.17 bits per heavy atom. The molecule has 1 amide bonds. The zero-order valence-corrected chi connectivity index (χ0v) is 14.4. The Morgan fingerprint density at radius 3 is 2.67 bits per heavy atom. The number of benzene rings is 1. The van der Waals surface area contributed by atoms with Crippen LogP contribution in [0, 0.1) is 0 Å². The number of carbonyl (C=O) groups is 1. The average Bonchev–Trinajstić information content (AvgIpc) is 3.11. The lowest BCUT2D eigenvalue weighted by Gasteiger charge is -2.32. The second-order valence-corrected chi connectivity index (χ2v) is 6.87. The summed E-state index contributed by atoms with van der Waals surface area (Å²) in [5, 5.41) is 6.37. The second-order valence-electron chi connectivity index (χ2n) is 6.87. The van der Waals surface area contributed by atoms with Crippen molar-refractivity contribution in [3.8, 4) is 0 Å². The fourth-order valence-electron chi connectivity index (χ4n) is 3.51. The molecular weight excluding hydrogens is 302 g/mol. The summed E-state index contributed by atoms with van der Waals surface area (Å²) < 4.78 is 5.55. The molecule has 5 nitrogen and oxygen atoms in total. The molecule has 0 bridgehead atoms. The van der Waals surface area contributed by atoms with E-state index in [2.05, 4.69) is 45.9 Å². The van der Waals surface area contributed by atoms with Gasteiger partial charge in [0, 0.05) is 38.8 Å². The molecule has 1 aromatic rings. The zero-order chi connectivity index (χ0) is 16.6. The first-order chi connectivity index (χ1) is 11.8. The molecule has 24 heavy (non-hydrogen) atoms. The topological polar surface area (TPSA) is 53.6 Å². The highest BCUT2D eigenvalue weighted by Gasteiger charge is 2.21. The van der Waals surface area contributed by atoms with Gasteiger partial charge >= 0.3 is 0 Å². The van der Waals surface area contributed by atoms with Crippen LogP contribution < -0.4 is 10.6 Å². The number of rotatable bonds is 7. The van der Waals surface area contributed by atoms with Crippen LogP contribution in [0.1, 0.15) is 31.2 Å². The Kier molecular flexibility index (Phi) is 6.64. The van der Waals surface area contributed by atoms with Crippen LogP contribution >= 0.6 is 0 Å². The van der Waals surface area contributed by atoms with E-state index in [1.807, 2.05) is 0 Å². The minimum absolute atomic E-state index is 0.106. The summed E-state index contributed by atoms with van der Waals surface area (Å²) in [6, 6.07) is 10.9. The quantitative estimate of drug-likeness (QED) is 0.796. The van der Waals surface area contributed by atoms with Gasteiger partial charge in [-0.25, -0.2) is 0 Å². The van der Waals surface area contributed by atoms with Crippen LogP contribution in [0.2, 0.25) is 0 Å². The summed E-state index contributed by atoms with van der Waals surface area (Å²) in [5.41, 5.74) is 1.36. The van der Waals surface area contributed by atoms with E-state index < -0.39 is 0 Å². The number of ether oxygens (including phenoxy) is 1. The molecule has 2 saturated heterocycles. The molecule has 1 atom stereocenters. The molecule has 0 saturated carbocycles. The van der Waals surface area contributed by atoms with Crippen LogP contribution in [-0.2, 0) is 16.1 Å². The molecule has 2 N–H and O–H groups in total. The molecule has 0 aliphatic carbocycles. The Balaban J connectivity index is 1.29. The number of nitrogens with one attached hydrogen (secondary N) is 2. The van der Waals surface area contributed by atoms with E-state index in [1.165, 1.54) is 5.56 Å². The molecule has 2 aliphatic heterocycles. The standard InChI is InChI=1S/C19H29N3O2/c23-19(14-20-13-18-7-4-12-24-18)21-17-8-10-22(11-9-17)15-16-5-2-1-3-6-16/h1-3,5-6,17-18,20H,4,7-15H2,(H,21,23). The number of nitrogens with zero attached hydrogens (tertiary/aromatic N) is 1. The Hall–Kier alpha value is -1.43. The molecule has 3 rings (SSSR count). The van der Waals surface area contributed by atoms with Crippen molar-refractivity contribution in [2.75, 3.05) is 32.8 Å². The van der Waals surface area contributed by atoms with Crippen LogP contribution in [0.3, 0.4) is 0 Å². The van der Waals surface area contributed by atoms with E-state index in [-0.39, 0.29) is 5.91 Å². The van der Waals surface area contributed by atoms with Gasteiger partial charge in [-0.05, 0) is 31.2 Å². The number of hydrogen-bond acceptors (Lipinski definition) is 4. The Morgan fingerprint density at radius 2 is 1.96 bits per heavy atom. The van der Waals surface area contributed by atoms with Gasteiger partial charge in [-0.15, -0.1) is 0 Å². The number of amides is 1. The Labute approximate surface area is 144 Å². The van der Waals surface area contributed by atoms with Gasteiger partial charge in [-0.3, -0.25) is 9.69 Å². The number of likely N-dealkylation sites (tertiary alicyclic amines) is 1. The molecule has 0 radical (unpaired) electrons. The first-order valence-electron chi connectivity index (χ1n) is 9.17. The average molecular weight is 331 g/mol. The summed E-state index contributed by atoms with van der Waals surface area (Å²) >= 11 is 0. The molecule has 2 fully saturated rings. The molecule has 2 aliphatic rings. The van der Waals surface area contributed by atoms with Crippen molar-refractivity contribution in [1.29, 1.82) is 0 Å². The lowest BCUT2D eigenvalue weighted by molar-refractivity contribution is -0.121. The smallest absolute Gasteiger partial charge is 0.234 e. The summed E-state index contributed by atoms with van der Waals surface area (Å²) in [4.78, 5) is 14.5. The second kappa shape index (κ2) is 9.16. The molecule has 2 heterocycles. The third kappa shape index (κ3) is 5.58. The van der Waals surface area contributed by atoms with E-state index in [1.54, 1.807) is 0 Å². The van der Waals surface area contributed by atoms with Gasteiger partial charge < -0.3 is 15.4 Å². The highest BCUT2D eigenvalue weighted by Crippen LogP contribution is 2.14. The normalized spacial score (nSPS) is 22.6. The van der Waals surface area contributed by atoms with Gasteiger partial charge in [0.25, 0.3) is 0 Å². The minimum atomic E-state index is 0.106. The lowest BCUT2D eigenvalue weighted by atomic mass is 10.0. The zero-order valence-electron chi connectivity index (χ0n) is 14.4. The van der Waals surface area contributed by atoms with E-state index in [0.717, 1.165) is 58.5 Å². The summed E-state index contributed by atoms with van der Waals surface area (Å²) in [7, 11) is 0. The molecule has 1 unspecified atom stereocenters. The van der Waals surface area contributed by atoms with Crippen molar-refractivity contribution in [1.82, 2.24) is 15.5 Å². The SMILES string of the molecule is O=C(CNCC1CCCO1)NC1CCN(Cc2ccccc2)CC1. The Bertz CT molecular complexity index is 495. The highest BCUT2D eigenvalue weighted by atomic mass is 16.5. The van der Waals surface area contributed by atoms with Gasteiger partial charge in [0.1, 0.15) is 0 Å². The predicted molar refractivity (Wildman–Crippen MR) is 94.7 cm³/mol. The van der Waals surface area contributed by atoms with Crippen molar-refractivity contribution < 1.29 is 9.53 Å². The summed E-state index contributed by atoms with van der Waals surface area (Å²) in [6.45, 7) is 5.13. The molecule has 0 spiro atoms. The summed E-state index contributed by atoms with van der Waals surface area (Å²) in [6.07, 6.45) is 4.60. The first kappa shape index (κ1) is 17.4. The monoisotopic (exact) mass is 331 g/mol. The van der Waals surface area contributed by atoms with Crippen LogP contribution in [0.15, 0.2) is 30.3 Å². The van der Waals surface area contributed by atoms with E-state index >= 15 is 0 Å². The maximum absolute atomic E-state index is 12.0. The maximum Gasteiger partial charge on any atom is 0.234 e. The summed E-state index contributed by atoms with van der Waals surface area (Å²) in [5.74, 6) is 0.106. The van der Waals surface area contributed by atoms with Crippen LogP contribution in [0.25, 0.3) is 0 Å². The highest BCUT2D eigenvalue weighted by molar-refractivity contribution is 5.78. The van der Waals surface area contributed by atoms with Gasteiger partial charge in [0.15, 0.2) is 0 Å². The van der Waals surface area contributed by atoms with E-state index in [0.29, 0.717) is 18.7 Å². The molecule has 132 valence electrons. The molecular formula is C19H29N3O2. The van der Waals surface area contributed by atoms with Crippen molar-refractivity contribution in [3.05, 3.63) is 35.9 Å². The maximum atomic E-state index is 12.0. The molecule has 5 heteroatoms. The first-order valence-corrected chi connectivity index (χ1v) is 9.17. The van der Waals surface area contributed by atoms with Crippen molar-refractivity contribution in [2.45, 2.75) is 44.4 Å². The lowest BCUT2D eigenvalue weighted by Crippen LogP contribution is -2.47. The molecule has 0 aromatic heterocycles. The van der Waals surface area contributed by atoms with Gasteiger partial charge in [0.05, 0.1) is 12.6 Å². The molecule has 1 aromatic carbocycles. The number of hydrogen-bond donors (Lipinski definition) is 2. The number of carbonyl (C=O) groups excluding carboxylic acids is 1. The van der Waals surface area contributed by atoms with Crippen molar-refractivity contribution >= 4 is 5.91 Å².